The van der Waals surface area contributed by atoms with E-state index in [4.69, 9.17) is 15.7 Å². The van der Waals surface area contributed by atoms with E-state index in [0.29, 0.717) is 17.3 Å². The normalized spacial score (nSPS) is 10.1. The molecule has 2 heterocycles. The first kappa shape index (κ1) is 11.9. The Labute approximate surface area is 105 Å². The Balaban J connectivity index is 2.38. The largest absolute Gasteiger partial charge is 0.435 e. The smallest absolute Gasteiger partial charge is 0.220 e. The van der Waals surface area contributed by atoms with Gasteiger partial charge in [0.15, 0.2) is 11.4 Å². The van der Waals surface area contributed by atoms with Gasteiger partial charge in [-0.2, -0.15) is 10.4 Å². The van der Waals surface area contributed by atoms with Crippen LogP contribution in [0.3, 0.4) is 0 Å². The van der Waals surface area contributed by atoms with Crippen molar-refractivity contribution in [2.75, 3.05) is 5.73 Å². The molecular weight excluding hydrogens is 230 g/mol. The van der Waals surface area contributed by atoms with Crippen LogP contribution in [0.15, 0.2) is 12.1 Å². The summed E-state index contributed by atoms with van der Waals surface area (Å²) in [4.78, 5) is 4.03. The number of nitrogens with two attached hydrogens (primary N) is 1. The average molecular weight is 243 g/mol. The fourth-order valence-corrected chi connectivity index (χ4v) is 1.60. The molecule has 2 aromatic heterocycles. The molecule has 6 heteroatoms. The number of anilines is 1. The molecule has 0 spiro atoms. The zero-order valence-electron chi connectivity index (χ0n) is 10.4. The molecule has 6 nitrogen and oxygen atoms in total. The lowest BCUT2D eigenvalue weighted by Gasteiger charge is -2.06. The number of hydrogen-bond donors (Lipinski definition) is 1. The molecule has 0 atom stereocenters. The standard InChI is InChI=1S/C12H13N5O/c1-7-12(8(2)17(3)16-7)18-11-5-4-9(14)10(6-13)15-11/h4-5H,14H2,1-3H3. The number of aryl methyl sites for hydroxylation is 2. The Morgan fingerprint density at radius 2 is 2.11 bits per heavy atom. The lowest BCUT2D eigenvalue weighted by atomic mass is 10.3. The van der Waals surface area contributed by atoms with E-state index in [1.165, 1.54) is 0 Å². The number of rotatable bonds is 2. The zero-order valence-corrected chi connectivity index (χ0v) is 10.4. The number of nitrogen functional groups attached to an aromatic ring is 1. The summed E-state index contributed by atoms with van der Waals surface area (Å²) in [6.45, 7) is 3.75. The Hall–Kier alpha value is -2.55. The summed E-state index contributed by atoms with van der Waals surface area (Å²) < 4.78 is 7.39. The molecule has 0 aliphatic heterocycles. The van der Waals surface area contributed by atoms with E-state index in [1.807, 2.05) is 27.0 Å². The second kappa shape index (κ2) is 4.37. The highest BCUT2D eigenvalue weighted by Gasteiger charge is 2.13. The van der Waals surface area contributed by atoms with E-state index >= 15 is 0 Å². The maximum Gasteiger partial charge on any atom is 0.220 e. The molecule has 0 aliphatic rings. The molecule has 0 radical (unpaired) electrons. The van der Waals surface area contributed by atoms with Crippen LogP contribution in [-0.2, 0) is 7.05 Å². The van der Waals surface area contributed by atoms with Crippen molar-refractivity contribution in [3.8, 4) is 17.7 Å². The molecule has 0 aromatic carbocycles. The van der Waals surface area contributed by atoms with E-state index in [2.05, 4.69) is 10.1 Å². The van der Waals surface area contributed by atoms with Gasteiger partial charge in [0.25, 0.3) is 0 Å². The van der Waals surface area contributed by atoms with Crippen molar-refractivity contribution in [2.45, 2.75) is 13.8 Å². The molecule has 2 rings (SSSR count). The molecule has 0 amide bonds. The quantitative estimate of drug-likeness (QED) is 0.866. The van der Waals surface area contributed by atoms with Crippen LogP contribution in [0, 0.1) is 25.2 Å². The second-order valence-corrected chi connectivity index (χ2v) is 3.92. The van der Waals surface area contributed by atoms with Crippen molar-refractivity contribution in [2.24, 2.45) is 7.05 Å². The third kappa shape index (κ3) is 1.98. The van der Waals surface area contributed by atoms with E-state index in [-0.39, 0.29) is 5.69 Å². The van der Waals surface area contributed by atoms with Gasteiger partial charge in [-0.1, -0.05) is 0 Å². The van der Waals surface area contributed by atoms with Crippen LogP contribution in [0.1, 0.15) is 17.1 Å². The molecule has 92 valence electrons. The van der Waals surface area contributed by atoms with Crippen molar-refractivity contribution in [3.05, 3.63) is 29.2 Å². The van der Waals surface area contributed by atoms with Crippen LogP contribution >= 0.6 is 0 Å². The van der Waals surface area contributed by atoms with Crippen LogP contribution in [0.4, 0.5) is 5.69 Å². The average Bonchev–Trinajstić information content (AvgIpc) is 2.58. The summed E-state index contributed by atoms with van der Waals surface area (Å²) >= 11 is 0. The number of nitrogens with zero attached hydrogens (tertiary/aromatic N) is 4. The number of nitriles is 1. The molecule has 0 aliphatic carbocycles. The van der Waals surface area contributed by atoms with Crippen LogP contribution in [0.5, 0.6) is 11.6 Å². The van der Waals surface area contributed by atoms with Crippen LogP contribution in [0.25, 0.3) is 0 Å². The topological polar surface area (TPSA) is 89.8 Å². The Kier molecular flexibility index (Phi) is 2.90. The summed E-state index contributed by atoms with van der Waals surface area (Å²) in [6.07, 6.45) is 0. The molecule has 0 bridgehead atoms. The number of hydrogen-bond acceptors (Lipinski definition) is 5. The van der Waals surface area contributed by atoms with Gasteiger partial charge in [-0.3, -0.25) is 4.68 Å². The molecule has 0 fully saturated rings. The van der Waals surface area contributed by atoms with Gasteiger partial charge in [-0.05, 0) is 19.9 Å². The van der Waals surface area contributed by atoms with E-state index in [9.17, 15) is 0 Å². The number of pyridine rings is 1. The first-order valence-corrected chi connectivity index (χ1v) is 5.37. The molecule has 18 heavy (non-hydrogen) atoms. The van der Waals surface area contributed by atoms with Crippen molar-refractivity contribution < 1.29 is 4.74 Å². The molecular formula is C12H13N5O. The first-order valence-electron chi connectivity index (χ1n) is 5.37. The van der Waals surface area contributed by atoms with Crippen LogP contribution < -0.4 is 10.5 Å². The minimum absolute atomic E-state index is 0.159. The number of aromatic nitrogens is 3. The van der Waals surface area contributed by atoms with Crippen molar-refractivity contribution in [1.82, 2.24) is 14.8 Å². The second-order valence-electron chi connectivity index (χ2n) is 3.92. The number of ether oxygens (including phenoxy) is 1. The van der Waals surface area contributed by atoms with Crippen LogP contribution in [0.2, 0.25) is 0 Å². The predicted molar refractivity (Wildman–Crippen MR) is 66.1 cm³/mol. The van der Waals surface area contributed by atoms with E-state index < -0.39 is 0 Å². The van der Waals surface area contributed by atoms with E-state index in [1.54, 1.807) is 16.8 Å². The molecule has 0 unspecified atom stereocenters. The summed E-state index contributed by atoms with van der Waals surface area (Å²) in [7, 11) is 1.84. The van der Waals surface area contributed by atoms with Gasteiger partial charge in [0.05, 0.1) is 11.4 Å². The Bertz CT molecular complexity index is 639. The third-order valence-electron chi connectivity index (χ3n) is 2.66. The molecule has 2 aromatic rings. The maximum absolute atomic E-state index is 8.86. The van der Waals surface area contributed by atoms with Gasteiger partial charge in [0, 0.05) is 13.1 Å². The molecule has 0 saturated carbocycles. The lowest BCUT2D eigenvalue weighted by Crippen LogP contribution is -1.97. The highest BCUT2D eigenvalue weighted by molar-refractivity contribution is 5.51. The molecule has 2 N–H and O–H groups in total. The summed E-state index contributed by atoms with van der Waals surface area (Å²) in [5, 5.41) is 13.1. The SMILES string of the molecule is Cc1nn(C)c(C)c1Oc1ccc(N)c(C#N)n1. The highest BCUT2D eigenvalue weighted by atomic mass is 16.5. The van der Waals surface area contributed by atoms with E-state index in [0.717, 1.165) is 11.4 Å². The summed E-state index contributed by atoms with van der Waals surface area (Å²) in [5.74, 6) is 0.985. The minimum Gasteiger partial charge on any atom is -0.435 e. The van der Waals surface area contributed by atoms with Crippen molar-refractivity contribution >= 4 is 5.69 Å². The minimum atomic E-state index is 0.159. The van der Waals surface area contributed by atoms with Crippen molar-refractivity contribution in [1.29, 1.82) is 5.26 Å². The third-order valence-corrected chi connectivity index (χ3v) is 2.66. The fourth-order valence-electron chi connectivity index (χ4n) is 1.60. The van der Waals surface area contributed by atoms with Gasteiger partial charge >= 0.3 is 0 Å². The summed E-state index contributed by atoms with van der Waals surface area (Å²) in [5.41, 5.74) is 7.76. The Morgan fingerprint density at radius 1 is 1.39 bits per heavy atom. The van der Waals surface area contributed by atoms with Gasteiger partial charge in [-0.25, -0.2) is 4.98 Å². The fraction of sp³-hybridized carbons (Fsp3) is 0.250. The Morgan fingerprint density at radius 3 is 2.67 bits per heavy atom. The van der Waals surface area contributed by atoms with Crippen molar-refractivity contribution in [3.63, 3.8) is 0 Å². The van der Waals surface area contributed by atoms with Crippen LogP contribution in [-0.4, -0.2) is 14.8 Å². The monoisotopic (exact) mass is 243 g/mol. The van der Waals surface area contributed by atoms with Gasteiger partial charge in [-0.15, -0.1) is 0 Å². The maximum atomic E-state index is 8.86. The summed E-state index contributed by atoms with van der Waals surface area (Å²) in [6, 6.07) is 5.15. The first-order chi connectivity index (χ1) is 8.52. The predicted octanol–water partition coefficient (Wildman–Crippen LogP) is 1.68. The van der Waals surface area contributed by atoms with Gasteiger partial charge in [0.2, 0.25) is 5.88 Å². The van der Waals surface area contributed by atoms with Gasteiger partial charge < -0.3 is 10.5 Å². The van der Waals surface area contributed by atoms with Gasteiger partial charge in [0.1, 0.15) is 11.8 Å². The highest BCUT2D eigenvalue weighted by Crippen LogP contribution is 2.27. The zero-order chi connectivity index (χ0) is 13.3. The molecule has 0 saturated heterocycles. The lowest BCUT2D eigenvalue weighted by molar-refractivity contribution is 0.455.